The minimum Gasteiger partial charge on any atom is -0.384 e. The van der Waals surface area contributed by atoms with E-state index in [2.05, 4.69) is 15.0 Å². The van der Waals surface area contributed by atoms with Crippen LogP contribution in [-0.4, -0.2) is 32.2 Å². The molecule has 0 radical (unpaired) electrons. The Morgan fingerprint density at radius 1 is 1.24 bits per heavy atom. The molecule has 114 valence electrons. The van der Waals surface area contributed by atoms with Crippen LogP contribution < -0.4 is 10.0 Å². The van der Waals surface area contributed by atoms with Gasteiger partial charge in [0, 0.05) is 35.4 Å². The first-order valence-electron chi connectivity index (χ1n) is 6.77. The number of sulfonamides is 1. The van der Waals surface area contributed by atoms with Crippen molar-refractivity contribution in [2.45, 2.75) is 13.3 Å². The van der Waals surface area contributed by atoms with Crippen LogP contribution >= 0.6 is 11.6 Å². The van der Waals surface area contributed by atoms with Crippen molar-refractivity contribution in [3.63, 3.8) is 0 Å². The number of rotatable bonds is 7. The normalized spacial score (nSPS) is 11.7. The van der Waals surface area contributed by atoms with Gasteiger partial charge in [0.15, 0.2) is 0 Å². The SMILES string of the molecule is CCS(=O)(=O)NCCCNc1ccnc2cc(Cl)ccc12. The maximum absolute atomic E-state index is 11.3. The van der Waals surface area contributed by atoms with E-state index in [-0.39, 0.29) is 5.75 Å². The van der Waals surface area contributed by atoms with Gasteiger partial charge in [0.05, 0.1) is 11.3 Å². The second-order valence-electron chi connectivity index (χ2n) is 4.60. The molecule has 1 aromatic carbocycles. The summed E-state index contributed by atoms with van der Waals surface area (Å²) in [5, 5.41) is 4.94. The summed E-state index contributed by atoms with van der Waals surface area (Å²) >= 11 is 5.95. The van der Waals surface area contributed by atoms with Gasteiger partial charge in [0.2, 0.25) is 10.0 Å². The first-order chi connectivity index (χ1) is 10.0. The van der Waals surface area contributed by atoms with Gasteiger partial charge in [-0.15, -0.1) is 0 Å². The van der Waals surface area contributed by atoms with Crippen molar-refractivity contribution in [2.75, 3.05) is 24.2 Å². The highest BCUT2D eigenvalue weighted by Gasteiger charge is 2.05. The number of nitrogens with one attached hydrogen (secondary N) is 2. The first kappa shape index (κ1) is 16.0. The number of fused-ring (bicyclic) bond motifs is 1. The first-order valence-corrected chi connectivity index (χ1v) is 8.80. The molecule has 0 atom stereocenters. The molecule has 0 saturated carbocycles. The minimum absolute atomic E-state index is 0.107. The van der Waals surface area contributed by atoms with Crippen LogP contribution in [0, 0.1) is 0 Å². The molecule has 0 bridgehead atoms. The average molecular weight is 328 g/mol. The Morgan fingerprint density at radius 2 is 2.05 bits per heavy atom. The number of nitrogens with zero attached hydrogens (tertiary/aromatic N) is 1. The molecule has 2 rings (SSSR count). The Bertz CT molecular complexity index is 719. The van der Waals surface area contributed by atoms with Crippen LogP contribution in [-0.2, 0) is 10.0 Å². The van der Waals surface area contributed by atoms with Crippen molar-refractivity contribution < 1.29 is 8.42 Å². The number of halogens is 1. The summed E-state index contributed by atoms with van der Waals surface area (Å²) in [5.41, 5.74) is 1.80. The fourth-order valence-electron chi connectivity index (χ4n) is 1.92. The van der Waals surface area contributed by atoms with Crippen LogP contribution in [0.2, 0.25) is 5.02 Å². The third-order valence-electron chi connectivity index (χ3n) is 3.08. The average Bonchev–Trinajstić information content (AvgIpc) is 2.46. The zero-order chi connectivity index (χ0) is 15.3. The van der Waals surface area contributed by atoms with Crippen LogP contribution in [0.25, 0.3) is 10.9 Å². The third kappa shape index (κ3) is 4.56. The molecule has 0 amide bonds. The molecule has 0 saturated heterocycles. The monoisotopic (exact) mass is 327 g/mol. The van der Waals surface area contributed by atoms with Gasteiger partial charge < -0.3 is 5.32 Å². The summed E-state index contributed by atoms with van der Waals surface area (Å²) in [6.45, 7) is 2.72. The zero-order valence-electron chi connectivity index (χ0n) is 11.8. The van der Waals surface area contributed by atoms with Gasteiger partial charge in [-0.2, -0.15) is 0 Å². The molecule has 0 fully saturated rings. The Kier molecular flexibility index (Phi) is 5.39. The van der Waals surface area contributed by atoms with Crippen molar-refractivity contribution in [2.24, 2.45) is 0 Å². The summed E-state index contributed by atoms with van der Waals surface area (Å²) in [4.78, 5) is 4.27. The maximum atomic E-state index is 11.3. The van der Waals surface area contributed by atoms with Gasteiger partial charge in [0.1, 0.15) is 0 Å². The van der Waals surface area contributed by atoms with E-state index in [0.29, 0.717) is 24.5 Å². The smallest absolute Gasteiger partial charge is 0.211 e. The molecule has 0 aliphatic carbocycles. The lowest BCUT2D eigenvalue weighted by Crippen LogP contribution is -2.27. The highest BCUT2D eigenvalue weighted by Crippen LogP contribution is 2.24. The van der Waals surface area contributed by atoms with Crippen molar-refractivity contribution in [1.82, 2.24) is 9.71 Å². The van der Waals surface area contributed by atoms with Gasteiger partial charge in [-0.1, -0.05) is 11.6 Å². The summed E-state index contributed by atoms with van der Waals surface area (Å²) in [6.07, 6.45) is 2.43. The Hall–Kier alpha value is -1.37. The van der Waals surface area contributed by atoms with Crippen LogP contribution in [0.1, 0.15) is 13.3 Å². The van der Waals surface area contributed by atoms with E-state index < -0.39 is 10.0 Å². The Morgan fingerprint density at radius 3 is 2.81 bits per heavy atom. The molecule has 21 heavy (non-hydrogen) atoms. The van der Waals surface area contributed by atoms with Crippen molar-refractivity contribution in [1.29, 1.82) is 0 Å². The number of benzene rings is 1. The number of hydrogen-bond donors (Lipinski definition) is 2. The summed E-state index contributed by atoms with van der Waals surface area (Å²) in [5.74, 6) is 0.107. The molecule has 0 aliphatic heterocycles. The number of pyridine rings is 1. The van der Waals surface area contributed by atoms with Gasteiger partial charge in [-0.25, -0.2) is 13.1 Å². The Labute approximate surface area is 129 Å². The van der Waals surface area contributed by atoms with Crippen molar-refractivity contribution in [3.05, 3.63) is 35.5 Å². The van der Waals surface area contributed by atoms with Crippen LogP contribution in [0.3, 0.4) is 0 Å². The molecule has 7 heteroatoms. The third-order valence-corrected chi connectivity index (χ3v) is 4.71. The van der Waals surface area contributed by atoms with Crippen molar-refractivity contribution >= 4 is 38.2 Å². The van der Waals surface area contributed by atoms with Gasteiger partial charge in [-0.05, 0) is 37.6 Å². The molecule has 2 N–H and O–H groups in total. The zero-order valence-corrected chi connectivity index (χ0v) is 13.3. The standard InChI is InChI=1S/C14H18ClN3O2S/c1-2-21(19,20)18-8-3-7-16-13-6-9-17-14-10-11(15)4-5-12(13)14/h4-6,9-10,18H,2-3,7-8H2,1H3,(H,16,17). The van der Waals surface area contributed by atoms with Crippen molar-refractivity contribution in [3.8, 4) is 0 Å². The minimum atomic E-state index is -3.11. The van der Waals surface area contributed by atoms with E-state index >= 15 is 0 Å². The van der Waals surface area contributed by atoms with Crippen LogP contribution in [0.15, 0.2) is 30.5 Å². The maximum Gasteiger partial charge on any atom is 0.211 e. The quantitative estimate of drug-likeness (QED) is 0.767. The van der Waals surface area contributed by atoms with Crippen LogP contribution in [0.4, 0.5) is 5.69 Å². The molecule has 1 aromatic heterocycles. The van der Waals surface area contributed by atoms with E-state index in [1.54, 1.807) is 13.1 Å². The van der Waals surface area contributed by atoms with E-state index in [1.807, 2.05) is 24.3 Å². The highest BCUT2D eigenvalue weighted by molar-refractivity contribution is 7.89. The molecule has 2 aromatic rings. The fraction of sp³-hybridized carbons (Fsp3) is 0.357. The second kappa shape index (κ2) is 7.06. The number of anilines is 1. The molecule has 0 unspecified atom stereocenters. The second-order valence-corrected chi connectivity index (χ2v) is 7.13. The highest BCUT2D eigenvalue weighted by atomic mass is 35.5. The fourth-order valence-corrected chi connectivity index (χ4v) is 2.74. The predicted molar refractivity (Wildman–Crippen MR) is 87.3 cm³/mol. The van der Waals surface area contributed by atoms with E-state index in [0.717, 1.165) is 16.6 Å². The topological polar surface area (TPSA) is 71.1 Å². The lowest BCUT2D eigenvalue weighted by molar-refractivity contribution is 0.581. The summed E-state index contributed by atoms with van der Waals surface area (Å²) in [6, 6.07) is 7.46. The molecular weight excluding hydrogens is 310 g/mol. The van der Waals surface area contributed by atoms with Gasteiger partial charge in [-0.3, -0.25) is 4.98 Å². The molecule has 1 heterocycles. The van der Waals surface area contributed by atoms with E-state index in [1.165, 1.54) is 0 Å². The predicted octanol–water partition coefficient (Wildman–Crippen LogP) is 2.63. The Balaban J connectivity index is 1.92. The lowest BCUT2D eigenvalue weighted by atomic mass is 10.2. The van der Waals surface area contributed by atoms with E-state index in [9.17, 15) is 8.42 Å². The van der Waals surface area contributed by atoms with E-state index in [4.69, 9.17) is 11.6 Å². The number of hydrogen-bond acceptors (Lipinski definition) is 4. The molecule has 0 spiro atoms. The largest absolute Gasteiger partial charge is 0.384 e. The molecule has 5 nitrogen and oxygen atoms in total. The summed E-state index contributed by atoms with van der Waals surface area (Å²) in [7, 11) is -3.11. The van der Waals surface area contributed by atoms with Gasteiger partial charge >= 0.3 is 0 Å². The molecular formula is C14H18ClN3O2S. The van der Waals surface area contributed by atoms with Gasteiger partial charge in [0.25, 0.3) is 0 Å². The number of aromatic nitrogens is 1. The van der Waals surface area contributed by atoms with Crippen LogP contribution in [0.5, 0.6) is 0 Å². The summed E-state index contributed by atoms with van der Waals surface area (Å²) < 4.78 is 25.1. The lowest BCUT2D eigenvalue weighted by Gasteiger charge is -2.10. The molecule has 0 aliphatic rings.